The molecule has 2 aromatic carbocycles. The number of halogens is 4. The van der Waals surface area contributed by atoms with Crippen LogP contribution in [-0.4, -0.2) is 35.2 Å². The lowest BCUT2D eigenvalue weighted by molar-refractivity contribution is -0.142. The number of hydrogen-bond acceptors (Lipinski definition) is 6. The summed E-state index contributed by atoms with van der Waals surface area (Å²) in [7, 11) is -3.77. The molecule has 5 rings (SSSR count). The molecule has 0 atom stereocenters. The fourth-order valence-electron chi connectivity index (χ4n) is 3.46. The van der Waals surface area contributed by atoms with Gasteiger partial charge in [-0.05, 0) is 49.2 Å². The summed E-state index contributed by atoms with van der Waals surface area (Å²) in [5, 5.41) is 6.46. The maximum absolute atomic E-state index is 13.8. The number of fused-ring (bicyclic) bond motifs is 1. The molecule has 2 aromatic heterocycles. The van der Waals surface area contributed by atoms with Gasteiger partial charge in [0.2, 0.25) is 10.0 Å². The van der Waals surface area contributed by atoms with E-state index in [0.717, 1.165) is 25.1 Å². The maximum Gasteiger partial charge on any atom is 0.433 e. The maximum atomic E-state index is 13.8. The highest BCUT2D eigenvalue weighted by atomic mass is 35.5. The van der Waals surface area contributed by atoms with Crippen LogP contribution in [0.5, 0.6) is 5.75 Å². The summed E-state index contributed by atoms with van der Waals surface area (Å²) in [6.45, 7) is 0. The number of hydrogen-bond donors (Lipinski definition) is 2. The van der Waals surface area contributed by atoms with Crippen LogP contribution in [0, 0.1) is 0 Å². The number of sulfonamides is 1. The van der Waals surface area contributed by atoms with Crippen molar-refractivity contribution in [3.8, 4) is 17.0 Å². The predicted molar refractivity (Wildman–Crippen MR) is 128 cm³/mol. The molecular weight excluding hydrogens is 535 g/mol. The molecule has 0 bridgehead atoms. The van der Waals surface area contributed by atoms with E-state index in [9.17, 15) is 26.4 Å². The van der Waals surface area contributed by atoms with Crippen LogP contribution in [0.25, 0.3) is 16.9 Å². The Kier molecular flexibility index (Phi) is 6.30. The second-order valence-corrected chi connectivity index (χ2v) is 10.4. The van der Waals surface area contributed by atoms with Crippen molar-refractivity contribution in [1.29, 1.82) is 0 Å². The molecule has 14 heteroatoms. The predicted octanol–water partition coefficient (Wildman–Crippen LogP) is 5.12. The highest BCUT2D eigenvalue weighted by Crippen LogP contribution is 2.34. The Morgan fingerprint density at radius 1 is 1.11 bits per heavy atom. The van der Waals surface area contributed by atoms with Crippen molar-refractivity contribution < 1.29 is 31.1 Å². The zero-order valence-corrected chi connectivity index (χ0v) is 20.2. The fourth-order valence-corrected chi connectivity index (χ4v) is 4.93. The lowest BCUT2D eigenvalue weighted by Gasteiger charge is -2.12. The minimum Gasteiger partial charge on any atom is -0.404 e. The van der Waals surface area contributed by atoms with Crippen LogP contribution in [-0.2, 0) is 16.2 Å². The molecule has 0 spiro atoms. The Bertz CT molecular complexity index is 1600. The highest BCUT2D eigenvalue weighted by Gasteiger charge is 2.36. The van der Waals surface area contributed by atoms with E-state index in [1.54, 1.807) is 0 Å². The van der Waals surface area contributed by atoms with Crippen LogP contribution in [0.1, 0.15) is 18.5 Å². The molecule has 2 heterocycles. The molecule has 2 N–H and O–H groups in total. The van der Waals surface area contributed by atoms with E-state index in [-0.39, 0.29) is 33.7 Å². The number of rotatable bonds is 6. The number of ether oxygens (including phenoxy) is 1. The van der Waals surface area contributed by atoms with Gasteiger partial charge in [-0.25, -0.2) is 27.4 Å². The van der Waals surface area contributed by atoms with Gasteiger partial charge in [0, 0.05) is 22.3 Å². The lowest BCUT2D eigenvalue weighted by atomic mass is 10.1. The molecule has 1 amide bonds. The molecule has 1 fully saturated rings. The first-order chi connectivity index (χ1) is 17.5. The minimum atomic E-state index is -4.78. The molecule has 0 aliphatic heterocycles. The second-order valence-electron chi connectivity index (χ2n) is 8.21. The van der Waals surface area contributed by atoms with E-state index in [1.807, 2.05) is 0 Å². The molecular formula is C23H17ClF3N5O4S. The average molecular weight is 552 g/mol. The van der Waals surface area contributed by atoms with Crippen LogP contribution < -0.4 is 14.8 Å². The zero-order chi connectivity index (χ0) is 26.4. The van der Waals surface area contributed by atoms with Crippen molar-refractivity contribution in [2.45, 2.75) is 30.0 Å². The summed E-state index contributed by atoms with van der Waals surface area (Å²) in [5.74, 6) is -0.335. The Morgan fingerprint density at radius 3 is 2.51 bits per heavy atom. The molecule has 1 aliphatic carbocycles. The van der Waals surface area contributed by atoms with Gasteiger partial charge in [-0.2, -0.15) is 18.3 Å². The minimum absolute atomic E-state index is 0.0386. The van der Waals surface area contributed by atoms with Crippen molar-refractivity contribution >= 4 is 39.1 Å². The quantitative estimate of drug-likeness (QED) is 0.344. The lowest BCUT2D eigenvalue weighted by Crippen LogP contribution is -2.26. The molecule has 0 saturated heterocycles. The van der Waals surface area contributed by atoms with Gasteiger partial charge in [0.25, 0.3) is 0 Å². The van der Waals surface area contributed by atoms with E-state index in [2.05, 4.69) is 20.1 Å². The summed E-state index contributed by atoms with van der Waals surface area (Å²) in [5.41, 5.74) is -1.06. The average Bonchev–Trinajstić information content (AvgIpc) is 3.56. The van der Waals surface area contributed by atoms with Crippen molar-refractivity contribution in [2.75, 3.05) is 5.32 Å². The molecule has 4 aromatic rings. The highest BCUT2D eigenvalue weighted by molar-refractivity contribution is 7.89. The first-order valence-corrected chi connectivity index (χ1v) is 12.7. The van der Waals surface area contributed by atoms with Crippen molar-refractivity contribution in [3.63, 3.8) is 0 Å². The van der Waals surface area contributed by atoms with Crippen molar-refractivity contribution in [1.82, 2.24) is 19.3 Å². The normalized spacial score (nSPS) is 14.1. The number of benzene rings is 2. The Morgan fingerprint density at radius 2 is 1.84 bits per heavy atom. The molecule has 192 valence electrons. The molecule has 37 heavy (non-hydrogen) atoms. The molecule has 1 aliphatic rings. The molecule has 1 saturated carbocycles. The van der Waals surface area contributed by atoms with Gasteiger partial charge >= 0.3 is 12.3 Å². The van der Waals surface area contributed by atoms with E-state index < -0.39 is 28.0 Å². The zero-order valence-electron chi connectivity index (χ0n) is 18.7. The third kappa shape index (κ3) is 5.53. The summed E-state index contributed by atoms with van der Waals surface area (Å²) in [4.78, 5) is 16.7. The van der Waals surface area contributed by atoms with Crippen LogP contribution in [0.15, 0.2) is 65.7 Å². The van der Waals surface area contributed by atoms with Crippen LogP contribution in [0.2, 0.25) is 5.02 Å². The fraction of sp³-hybridized carbons (Fsp3) is 0.174. The van der Waals surface area contributed by atoms with Gasteiger partial charge in [-0.15, -0.1) is 0 Å². The molecule has 0 unspecified atom stereocenters. The smallest absolute Gasteiger partial charge is 0.404 e. The van der Waals surface area contributed by atoms with Crippen LogP contribution >= 0.6 is 11.6 Å². The number of alkyl halides is 3. The number of nitrogens with zero attached hydrogens (tertiary/aromatic N) is 3. The van der Waals surface area contributed by atoms with Gasteiger partial charge in [0.15, 0.2) is 17.1 Å². The van der Waals surface area contributed by atoms with Gasteiger partial charge < -0.3 is 4.74 Å². The standard InChI is InChI=1S/C23H17ClF3N5O4S/c24-14-6-4-13(5-7-14)18-11-20(23(25,26)27)32-21(30-18)19(12-28-32)36-22(33)29-16-2-1-3-17(10-16)37(34,35)31-15-8-9-15/h1-7,10-12,15,31H,8-9H2,(H,29,33). The second kappa shape index (κ2) is 9.32. The first kappa shape index (κ1) is 25.0. The monoisotopic (exact) mass is 551 g/mol. The third-order valence-electron chi connectivity index (χ3n) is 5.36. The molecule has 9 nitrogen and oxygen atoms in total. The largest absolute Gasteiger partial charge is 0.433 e. The number of anilines is 1. The number of carbonyl (C=O) groups is 1. The first-order valence-electron chi connectivity index (χ1n) is 10.8. The van der Waals surface area contributed by atoms with E-state index in [1.165, 1.54) is 48.5 Å². The van der Waals surface area contributed by atoms with Gasteiger partial charge in [-0.3, -0.25) is 5.32 Å². The van der Waals surface area contributed by atoms with E-state index in [4.69, 9.17) is 16.3 Å². The molecule has 0 radical (unpaired) electrons. The van der Waals surface area contributed by atoms with Crippen LogP contribution in [0.4, 0.5) is 23.7 Å². The van der Waals surface area contributed by atoms with Crippen LogP contribution in [0.3, 0.4) is 0 Å². The topological polar surface area (TPSA) is 115 Å². The van der Waals surface area contributed by atoms with E-state index >= 15 is 0 Å². The Hall–Kier alpha value is -3.68. The van der Waals surface area contributed by atoms with Gasteiger partial charge in [-0.1, -0.05) is 29.8 Å². The Balaban J connectivity index is 1.43. The van der Waals surface area contributed by atoms with Crippen molar-refractivity contribution in [3.05, 3.63) is 71.5 Å². The number of aromatic nitrogens is 3. The summed E-state index contributed by atoms with van der Waals surface area (Å²) in [6.07, 6.45) is -3.41. The van der Waals surface area contributed by atoms with E-state index in [0.29, 0.717) is 15.1 Å². The third-order valence-corrected chi connectivity index (χ3v) is 7.13. The number of nitrogens with one attached hydrogen (secondary N) is 2. The SMILES string of the molecule is O=C(Nc1cccc(S(=O)(=O)NC2CC2)c1)Oc1cnn2c(C(F)(F)F)cc(-c3ccc(Cl)cc3)nc12. The number of carbonyl (C=O) groups excluding carboxylic acids is 1. The summed E-state index contributed by atoms with van der Waals surface area (Å²) >= 11 is 5.87. The Labute approximate surface area is 213 Å². The van der Waals surface area contributed by atoms with Gasteiger partial charge in [0.1, 0.15) is 0 Å². The number of amides is 1. The summed E-state index contributed by atoms with van der Waals surface area (Å²) < 4.78 is 74.4. The van der Waals surface area contributed by atoms with Gasteiger partial charge in [0.05, 0.1) is 16.8 Å². The summed E-state index contributed by atoms with van der Waals surface area (Å²) in [6, 6.07) is 12.2. The van der Waals surface area contributed by atoms with Crippen molar-refractivity contribution in [2.24, 2.45) is 0 Å².